The third-order valence-electron chi connectivity index (χ3n) is 7.20. The van der Waals surface area contributed by atoms with E-state index >= 15 is 0 Å². The molecule has 0 bridgehead atoms. The standard InChI is InChI=1S/C29H29F2N3O/c1-21-32-29(24-7-11-26(30)12-8-24,25-9-13-27(31)14-10-25)28(35)34(21)20-23-15-17-33(18-16-23)19-22-5-3-2-4-6-22/h2-14,23H,15-20H2,1H3. The molecule has 3 aromatic carbocycles. The van der Waals surface area contributed by atoms with Gasteiger partial charge in [-0.05, 0) is 79.7 Å². The van der Waals surface area contributed by atoms with Crippen molar-refractivity contribution in [2.75, 3.05) is 19.6 Å². The number of benzene rings is 3. The second-order valence-corrected chi connectivity index (χ2v) is 9.50. The summed E-state index contributed by atoms with van der Waals surface area (Å²) in [4.78, 5) is 23.1. The minimum Gasteiger partial charge on any atom is -0.299 e. The molecule has 0 aliphatic carbocycles. The van der Waals surface area contributed by atoms with Crippen molar-refractivity contribution >= 4 is 11.7 Å². The Hall–Kier alpha value is -3.38. The van der Waals surface area contributed by atoms with Gasteiger partial charge < -0.3 is 0 Å². The Kier molecular flexibility index (Phi) is 6.48. The van der Waals surface area contributed by atoms with Crippen LogP contribution in [0, 0.1) is 17.6 Å². The molecule has 4 nitrogen and oxygen atoms in total. The zero-order valence-corrected chi connectivity index (χ0v) is 19.8. The topological polar surface area (TPSA) is 35.9 Å². The van der Waals surface area contributed by atoms with Crippen LogP contribution in [0.25, 0.3) is 0 Å². The van der Waals surface area contributed by atoms with E-state index in [1.807, 2.05) is 13.0 Å². The molecule has 1 saturated heterocycles. The summed E-state index contributed by atoms with van der Waals surface area (Å²) in [5.74, 6) is 0.0743. The van der Waals surface area contributed by atoms with E-state index in [1.165, 1.54) is 29.8 Å². The van der Waals surface area contributed by atoms with Crippen LogP contribution in [0.3, 0.4) is 0 Å². The van der Waals surface area contributed by atoms with Crippen LogP contribution in [0.15, 0.2) is 83.9 Å². The Bertz CT molecular complexity index is 1160. The van der Waals surface area contributed by atoms with Crippen molar-refractivity contribution in [1.82, 2.24) is 9.80 Å². The minimum atomic E-state index is -1.33. The van der Waals surface area contributed by atoms with Gasteiger partial charge in [-0.3, -0.25) is 14.6 Å². The van der Waals surface area contributed by atoms with Crippen molar-refractivity contribution in [3.8, 4) is 0 Å². The largest absolute Gasteiger partial charge is 0.299 e. The van der Waals surface area contributed by atoms with Gasteiger partial charge in [0.05, 0.1) is 0 Å². The summed E-state index contributed by atoms with van der Waals surface area (Å²) < 4.78 is 27.4. The van der Waals surface area contributed by atoms with Crippen molar-refractivity contribution in [2.45, 2.75) is 31.8 Å². The average molecular weight is 474 g/mol. The van der Waals surface area contributed by atoms with Crippen molar-refractivity contribution in [3.63, 3.8) is 0 Å². The molecule has 2 heterocycles. The predicted molar refractivity (Wildman–Crippen MR) is 133 cm³/mol. The molecule has 0 aromatic heterocycles. The first-order valence-electron chi connectivity index (χ1n) is 12.1. The number of aliphatic imine (C=N–C) groups is 1. The monoisotopic (exact) mass is 473 g/mol. The zero-order chi connectivity index (χ0) is 24.4. The average Bonchev–Trinajstić information content (AvgIpc) is 3.12. The summed E-state index contributed by atoms with van der Waals surface area (Å²) in [6.45, 7) is 5.35. The van der Waals surface area contributed by atoms with Crippen molar-refractivity contribution in [1.29, 1.82) is 0 Å². The Morgan fingerprint density at radius 1 is 0.857 bits per heavy atom. The Morgan fingerprint density at radius 3 is 1.94 bits per heavy atom. The van der Waals surface area contributed by atoms with Gasteiger partial charge >= 0.3 is 0 Å². The number of carbonyl (C=O) groups is 1. The van der Waals surface area contributed by atoms with Crippen LogP contribution in [0.4, 0.5) is 8.78 Å². The molecule has 2 aliphatic heterocycles. The maximum Gasteiger partial charge on any atom is 0.265 e. The van der Waals surface area contributed by atoms with E-state index in [4.69, 9.17) is 4.99 Å². The second kappa shape index (κ2) is 9.70. The Morgan fingerprint density at radius 2 is 1.40 bits per heavy atom. The van der Waals surface area contributed by atoms with Crippen LogP contribution >= 0.6 is 0 Å². The SMILES string of the molecule is CC1=NC(c2ccc(F)cc2)(c2ccc(F)cc2)C(=O)N1CC1CCN(Cc2ccccc2)CC1. The highest BCUT2D eigenvalue weighted by Crippen LogP contribution is 2.41. The van der Waals surface area contributed by atoms with Gasteiger partial charge in [-0.15, -0.1) is 0 Å². The summed E-state index contributed by atoms with van der Waals surface area (Å²) in [7, 11) is 0. The lowest BCUT2D eigenvalue weighted by Gasteiger charge is -2.34. The lowest BCUT2D eigenvalue weighted by Crippen LogP contribution is -2.45. The number of nitrogens with zero attached hydrogens (tertiary/aromatic N) is 3. The maximum atomic E-state index is 14.0. The highest BCUT2D eigenvalue weighted by molar-refractivity contribution is 6.09. The third kappa shape index (κ3) is 4.63. The van der Waals surface area contributed by atoms with Gasteiger partial charge in [0.2, 0.25) is 0 Å². The smallest absolute Gasteiger partial charge is 0.265 e. The summed E-state index contributed by atoms with van der Waals surface area (Å²) in [5.41, 5.74) is 1.14. The number of carbonyl (C=O) groups excluding carboxylic acids is 1. The molecule has 0 radical (unpaired) electrons. The Labute approximate surface area is 204 Å². The molecule has 35 heavy (non-hydrogen) atoms. The number of hydrogen-bond acceptors (Lipinski definition) is 3. The third-order valence-corrected chi connectivity index (χ3v) is 7.20. The molecule has 1 fully saturated rings. The fourth-order valence-electron chi connectivity index (χ4n) is 5.26. The van der Waals surface area contributed by atoms with Gasteiger partial charge in [0.25, 0.3) is 5.91 Å². The van der Waals surface area contributed by atoms with Crippen molar-refractivity contribution < 1.29 is 13.6 Å². The van der Waals surface area contributed by atoms with Crippen LogP contribution < -0.4 is 0 Å². The van der Waals surface area contributed by atoms with Crippen LogP contribution in [0.5, 0.6) is 0 Å². The van der Waals surface area contributed by atoms with Crippen molar-refractivity contribution in [2.24, 2.45) is 10.9 Å². The van der Waals surface area contributed by atoms with Gasteiger partial charge in [0.1, 0.15) is 17.5 Å². The first kappa shape index (κ1) is 23.4. The van der Waals surface area contributed by atoms with Crippen LogP contribution in [-0.2, 0) is 16.9 Å². The maximum absolute atomic E-state index is 14.0. The number of rotatable bonds is 6. The summed E-state index contributed by atoms with van der Waals surface area (Å²) in [6, 6.07) is 22.2. The van der Waals surface area contributed by atoms with Gasteiger partial charge in [0, 0.05) is 13.1 Å². The molecule has 0 unspecified atom stereocenters. The number of likely N-dealkylation sites (tertiary alicyclic amines) is 1. The zero-order valence-electron chi connectivity index (χ0n) is 19.8. The molecule has 0 saturated carbocycles. The van der Waals surface area contributed by atoms with E-state index in [0.29, 0.717) is 29.4 Å². The molecule has 2 aliphatic rings. The first-order chi connectivity index (χ1) is 17.0. The van der Waals surface area contributed by atoms with Crippen LogP contribution in [0.1, 0.15) is 36.5 Å². The molecule has 5 rings (SSSR count). The highest BCUT2D eigenvalue weighted by Gasteiger charge is 2.50. The lowest BCUT2D eigenvalue weighted by molar-refractivity contribution is -0.130. The number of hydrogen-bond donors (Lipinski definition) is 0. The Balaban J connectivity index is 1.34. The molecule has 0 atom stereocenters. The fraction of sp³-hybridized carbons (Fsp3) is 0.310. The van der Waals surface area contributed by atoms with Gasteiger partial charge in [-0.2, -0.15) is 0 Å². The minimum absolute atomic E-state index is 0.167. The second-order valence-electron chi connectivity index (χ2n) is 9.50. The van der Waals surface area contributed by atoms with E-state index in [2.05, 4.69) is 29.2 Å². The van der Waals surface area contributed by atoms with Gasteiger partial charge in [-0.1, -0.05) is 54.6 Å². The van der Waals surface area contributed by atoms with E-state index in [9.17, 15) is 13.6 Å². The van der Waals surface area contributed by atoms with E-state index in [1.54, 1.807) is 29.2 Å². The van der Waals surface area contributed by atoms with Crippen LogP contribution in [-0.4, -0.2) is 41.2 Å². The summed E-state index contributed by atoms with van der Waals surface area (Å²) in [5, 5.41) is 0. The van der Waals surface area contributed by atoms with Crippen LogP contribution in [0.2, 0.25) is 0 Å². The van der Waals surface area contributed by atoms with E-state index in [0.717, 1.165) is 32.5 Å². The van der Waals surface area contributed by atoms with E-state index in [-0.39, 0.29) is 17.5 Å². The highest BCUT2D eigenvalue weighted by atomic mass is 19.1. The number of amides is 1. The fourth-order valence-corrected chi connectivity index (χ4v) is 5.26. The molecular formula is C29H29F2N3O. The lowest BCUT2D eigenvalue weighted by atomic mass is 9.82. The summed E-state index contributed by atoms with van der Waals surface area (Å²) >= 11 is 0. The van der Waals surface area contributed by atoms with E-state index < -0.39 is 5.54 Å². The molecule has 3 aromatic rings. The molecule has 0 N–H and O–H groups in total. The molecular weight excluding hydrogens is 444 g/mol. The van der Waals surface area contributed by atoms with Gasteiger partial charge in [-0.25, -0.2) is 13.8 Å². The first-order valence-corrected chi connectivity index (χ1v) is 12.1. The molecule has 6 heteroatoms. The quantitative estimate of drug-likeness (QED) is 0.482. The molecule has 180 valence electrons. The van der Waals surface area contributed by atoms with Crippen molar-refractivity contribution in [3.05, 3.63) is 107 Å². The number of piperidine rings is 1. The van der Waals surface area contributed by atoms with Gasteiger partial charge in [0.15, 0.2) is 5.54 Å². The number of amidine groups is 1. The normalized spacial score (nSPS) is 18.7. The molecule has 1 amide bonds. The summed E-state index contributed by atoms with van der Waals surface area (Å²) in [6.07, 6.45) is 2.01. The predicted octanol–water partition coefficient (Wildman–Crippen LogP) is 5.38. The molecule has 0 spiro atoms. The number of halogens is 2.